The Morgan fingerprint density at radius 2 is 1.76 bits per heavy atom. The maximum absolute atomic E-state index is 12.9. The number of urea groups is 1. The van der Waals surface area contributed by atoms with Gasteiger partial charge in [0.15, 0.2) is 0 Å². The van der Waals surface area contributed by atoms with Gasteiger partial charge < -0.3 is 10.1 Å². The number of ether oxygens (including phenoxy) is 1. The van der Waals surface area contributed by atoms with Crippen molar-refractivity contribution in [1.29, 1.82) is 0 Å². The summed E-state index contributed by atoms with van der Waals surface area (Å²) in [6.07, 6.45) is 7.02. The average molecular weight is 344 g/mol. The minimum Gasteiger partial charge on any atom is -0.491 e. The van der Waals surface area contributed by atoms with Gasteiger partial charge in [-0.3, -0.25) is 9.69 Å². The van der Waals surface area contributed by atoms with Gasteiger partial charge in [-0.25, -0.2) is 4.79 Å². The third kappa shape index (κ3) is 3.80. The smallest absolute Gasteiger partial charge is 0.325 e. The number of carbonyl (C=O) groups is 2. The van der Waals surface area contributed by atoms with Crippen LogP contribution in [0.5, 0.6) is 5.75 Å². The highest BCUT2D eigenvalue weighted by atomic mass is 16.5. The van der Waals surface area contributed by atoms with Crippen LogP contribution in [0.4, 0.5) is 4.79 Å². The minimum atomic E-state index is -0.670. The van der Waals surface area contributed by atoms with Gasteiger partial charge in [-0.15, -0.1) is 0 Å². The van der Waals surface area contributed by atoms with Gasteiger partial charge in [-0.05, 0) is 43.9 Å². The Morgan fingerprint density at radius 3 is 2.48 bits per heavy atom. The van der Waals surface area contributed by atoms with E-state index in [9.17, 15) is 9.59 Å². The van der Waals surface area contributed by atoms with Crippen molar-refractivity contribution in [3.8, 4) is 5.75 Å². The quantitative estimate of drug-likeness (QED) is 0.847. The average Bonchev–Trinajstić information content (AvgIpc) is 2.79. The summed E-state index contributed by atoms with van der Waals surface area (Å²) < 4.78 is 5.82. The maximum atomic E-state index is 12.9. The van der Waals surface area contributed by atoms with Gasteiger partial charge in [0.05, 0.1) is 6.54 Å². The van der Waals surface area contributed by atoms with E-state index in [2.05, 4.69) is 5.32 Å². The molecule has 3 amide bonds. The summed E-state index contributed by atoms with van der Waals surface area (Å²) in [5.74, 6) is 0.747. The first-order chi connectivity index (χ1) is 12.0. The van der Waals surface area contributed by atoms with Crippen LogP contribution in [-0.4, -0.2) is 35.5 Å². The van der Waals surface area contributed by atoms with Gasteiger partial charge in [0, 0.05) is 0 Å². The number of imide groups is 1. The van der Waals surface area contributed by atoms with Gasteiger partial charge in [-0.2, -0.15) is 0 Å². The predicted octanol–water partition coefficient (Wildman–Crippen LogP) is 3.72. The highest BCUT2D eigenvalue weighted by Gasteiger charge is 2.50. The second-order valence-electron chi connectivity index (χ2n) is 7.35. The largest absolute Gasteiger partial charge is 0.491 e. The minimum absolute atomic E-state index is 0.0658. The zero-order chi connectivity index (χ0) is 17.9. The summed E-state index contributed by atoms with van der Waals surface area (Å²) in [4.78, 5) is 26.6. The van der Waals surface area contributed by atoms with Crippen LogP contribution in [0.1, 0.15) is 56.1 Å². The van der Waals surface area contributed by atoms with Crippen LogP contribution >= 0.6 is 0 Å². The summed E-state index contributed by atoms with van der Waals surface area (Å²) in [5.41, 5.74) is 1.51. The second kappa shape index (κ2) is 7.46. The molecule has 1 N–H and O–H groups in total. The molecular formula is C20H28N2O3. The molecular weight excluding hydrogens is 316 g/mol. The Bertz CT molecular complexity index is 648. The molecule has 136 valence electrons. The number of rotatable bonds is 4. The van der Waals surface area contributed by atoms with Gasteiger partial charge >= 0.3 is 6.03 Å². The molecule has 25 heavy (non-hydrogen) atoms. The fourth-order valence-corrected chi connectivity index (χ4v) is 3.84. The molecule has 0 aromatic heterocycles. The van der Waals surface area contributed by atoms with Crippen molar-refractivity contribution >= 4 is 11.9 Å². The van der Waals surface area contributed by atoms with Crippen molar-refractivity contribution in [3.05, 3.63) is 29.3 Å². The van der Waals surface area contributed by atoms with Crippen LogP contribution in [0.2, 0.25) is 0 Å². The van der Waals surface area contributed by atoms with Crippen molar-refractivity contribution in [3.63, 3.8) is 0 Å². The normalized spacial score (nSPS) is 20.3. The zero-order valence-corrected chi connectivity index (χ0v) is 15.3. The van der Waals surface area contributed by atoms with E-state index in [0.29, 0.717) is 13.2 Å². The Kier molecular flexibility index (Phi) is 5.30. The van der Waals surface area contributed by atoms with E-state index in [0.717, 1.165) is 55.4 Å². The third-order valence-electron chi connectivity index (χ3n) is 5.37. The molecule has 2 fully saturated rings. The number of aryl methyl sites for hydroxylation is 2. The maximum Gasteiger partial charge on any atom is 0.325 e. The highest BCUT2D eigenvalue weighted by Crippen LogP contribution is 2.32. The van der Waals surface area contributed by atoms with Crippen LogP contribution < -0.4 is 10.1 Å². The first-order valence-electron chi connectivity index (χ1n) is 9.36. The first kappa shape index (κ1) is 17.8. The lowest BCUT2D eigenvalue weighted by molar-refractivity contribution is -0.132. The Balaban J connectivity index is 1.61. The molecule has 1 spiro atoms. The monoisotopic (exact) mass is 344 g/mol. The molecule has 1 aromatic rings. The van der Waals surface area contributed by atoms with E-state index < -0.39 is 5.54 Å². The van der Waals surface area contributed by atoms with E-state index in [-0.39, 0.29) is 11.9 Å². The molecule has 0 bridgehead atoms. The Morgan fingerprint density at radius 1 is 1.08 bits per heavy atom. The number of nitrogens with zero attached hydrogens (tertiary/aromatic N) is 1. The van der Waals surface area contributed by atoms with Crippen molar-refractivity contribution in [1.82, 2.24) is 10.2 Å². The van der Waals surface area contributed by atoms with Gasteiger partial charge in [-0.1, -0.05) is 44.2 Å². The van der Waals surface area contributed by atoms with Crippen molar-refractivity contribution in [2.45, 2.75) is 64.3 Å². The van der Waals surface area contributed by atoms with Crippen LogP contribution in [0, 0.1) is 13.8 Å². The summed E-state index contributed by atoms with van der Waals surface area (Å²) in [5, 5.41) is 2.99. The van der Waals surface area contributed by atoms with E-state index in [1.165, 1.54) is 11.3 Å². The number of benzene rings is 1. The molecule has 5 heteroatoms. The lowest BCUT2D eigenvalue weighted by Gasteiger charge is -2.28. The molecule has 1 heterocycles. The summed E-state index contributed by atoms with van der Waals surface area (Å²) in [6.45, 7) is 4.62. The molecule has 3 rings (SSSR count). The number of carbonyl (C=O) groups excluding carboxylic acids is 2. The molecule has 5 nitrogen and oxygen atoms in total. The third-order valence-corrected chi connectivity index (χ3v) is 5.37. The first-order valence-corrected chi connectivity index (χ1v) is 9.36. The zero-order valence-electron chi connectivity index (χ0n) is 15.3. The molecule has 1 aliphatic carbocycles. The van der Waals surface area contributed by atoms with E-state index in [1.807, 2.05) is 32.0 Å². The number of hydrogen-bond acceptors (Lipinski definition) is 3. The van der Waals surface area contributed by atoms with E-state index in [4.69, 9.17) is 4.74 Å². The van der Waals surface area contributed by atoms with E-state index in [1.54, 1.807) is 0 Å². The van der Waals surface area contributed by atoms with E-state index >= 15 is 0 Å². The van der Waals surface area contributed by atoms with Gasteiger partial charge in [0.25, 0.3) is 5.91 Å². The molecule has 1 aliphatic heterocycles. The van der Waals surface area contributed by atoms with Crippen molar-refractivity contribution in [2.24, 2.45) is 0 Å². The van der Waals surface area contributed by atoms with Crippen LogP contribution in [-0.2, 0) is 4.79 Å². The molecule has 1 aromatic carbocycles. The summed E-state index contributed by atoms with van der Waals surface area (Å²) in [6, 6.07) is 5.77. The Hall–Kier alpha value is -2.04. The molecule has 0 radical (unpaired) electrons. The topological polar surface area (TPSA) is 58.6 Å². The highest BCUT2D eigenvalue weighted by molar-refractivity contribution is 6.07. The summed E-state index contributed by atoms with van der Waals surface area (Å²) >= 11 is 0. The van der Waals surface area contributed by atoms with Crippen molar-refractivity contribution in [2.75, 3.05) is 13.2 Å². The number of nitrogens with one attached hydrogen (secondary N) is 1. The molecule has 0 atom stereocenters. The van der Waals surface area contributed by atoms with Gasteiger partial charge in [0.1, 0.15) is 17.9 Å². The number of hydrogen-bond donors (Lipinski definition) is 1. The van der Waals surface area contributed by atoms with Crippen molar-refractivity contribution < 1.29 is 14.3 Å². The van der Waals surface area contributed by atoms with Crippen LogP contribution in [0.25, 0.3) is 0 Å². The fourth-order valence-electron chi connectivity index (χ4n) is 3.84. The molecule has 1 saturated carbocycles. The summed E-state index contributed by atoms with van der Waals surface area (Å²) in [7, 11) is 0. The standard InChI is InChI=1S/C20H28N2O3/c1-15-8-9-16(2)17(14-15)25-13-12-22-18(23)20(21-19(22)24)10-6-4-3-5-7-11-20/h8-9,14H,3-7,10-13H2,1-2H3,(H,21,24). The number of amides is 3. The lowest BCUT2D eigenvalue weighted by atomic mass is 9.84. The fraction of sp³-hybridized carbons (Fsp3) is 0.600. The predicted molar refractivity (Wildman–Crippen MR) is 96.7 cm³/mol. The second-order valence-corrected chi connectivity index (χ2v) is 7.35. The molecule has 0 unspecified atom stereocenters. The van der Waals surface area contributed by atoms with Gasteiger partial charge in [0.2, 0.25) is 0 Å². The SMILES string of the molecule is Cc1ccc(C)c(OCCN2C(=O)NC3(CCCCCCC3)C2=O)c1. The lowest BCUT2D eigenvalue weighted by Crippen LogP contribution is -2.47. The van der Waals surface area contributed by atoms with Crippen LogP contribution in [0.3, 0.4) is 0 Å². The molecule has 2 aliphatic rings. The molecule has 1 saturated heterocycles. The Labute approximate surface area is 149 Å². The van der Waals surface area contributed by atoms with Crippen LogP contribution in [0.15, 0.2) is 18.2 Å².